The molecule has 0 saturated carbocycles. The molecule has 0 atom stereocenters. The molecule has 2 N–H and O–H groups in total. The van der Waals surface area contributed by atoms with E-state index in [1.165, 1.54) is 9.75 Å². The number of halogens is 1. The van der Waals surface area contributed by atoms with Crippen molar-refractivity contribution in [2.75, 3.05) is 44.7 Å². The fourth-order valence-corrected chi connectivity index (χ4v) is 4.38. The van der Waals surface area contributed by atoms with E-state index in [9.17, 15) is 8.42 Å². The Morgan fingerprint density at radius 3 is 2.57 bits per heavy atom. The van der Waals surface area contributed by atoms with Crippen molar-refractivity contribution in [1.82, 2.24) is 15.5 Å². The molecule has 1 fully saturated rings. The minimum Gasteiger partial charge on any atom is -0.355 e. The Kier molecular flexibility index (Phi) is 8.80. The van der Waals surface area contributed by atoms with Crippen molar-refractivity contribution < 1.29 is 8.42 Å². The van der Waals surface area contributed by atoms with Crippen molar-refractivity contribution >= 4 is 51.1 Å². The van der Waals surface area contributed by atoms with Crippen molar-refractivity contribution in [3.63, 3.8) is 0 Å². The van der Waals surface area contributed by atoms with Crippen LogP contribution in [0.2, 0.25) is 0 Å². The lowest BCUT2D eigenvalue weighted by molar-refractivity contribution is 0.299. The van der Waals surface area contributed by atoms with Gasteiger partial charge in [-0.2, -0.15) is 0 Å². The SMILES string of the molecule is CN=C(NCCN1CCS(=O)(=O)CC1)NCc1ccc(C)s1.I. The van der Waals surface area contributed by atoms with Gasteiger partial charge in [-0.05, 0) is 19.1 Å². The van der Waals surface area contributed by atoms with Crippen molar-refractivity contribution in [3.8, 4) is 0 Å². The molecule has 0 aromatic carbocycles. The second-order valence-corrected chi connectivity index (χ2v) is 9.03. The van der Waals surface area contributed by atoms with E-state index in [-0.39, 0.29) is 35.5 Å². The Morgan fingerprint density at radius 1 is 1.30 bits per heavy atom. The average Bonchev–Trinajstić information content (AvgIpc) is 2.90. The molecule has 1 aromatic rings. The van der Waals surface area contributed by atoms with Gasteiger partial charge in [0, 0.05) is 43.0 Å². The summed E-state index contributed by atoms with van der Waals surface area (Å²) in [6.45, 7) is 5.70. The van der Waals surface area contributed by atoms with Crippen LogP contribution in [0.5, 0.6) is 0 Å². The van der Waals surface area contributed by atoms with Crippen LogP contribution in [0.25, 0.3) is 0 Å². The number of aryl methyl sites for hydroxylation is 1. The van der Waals surface area contributed by atoms with E-state index in [1.54, 1.807) is 18.4 Å². The van der Waals surface area contributed by atoms with Crippen molar-refractivity contribution in [3.05, 3.63) is 21.9 Å². The molecule has 9 heteroatoms. The Labute approximate surface area is 159 Å². The number of nitrogens with one attached hydrogen (secondary N) is 2. The third-order valence-corrected chi connectivity index (χ3v) is 6.22. The summed E-state index contributed by atoms with van der Waals surface area (Å²) in [5.74, 6) is 1.32. The summed E-state index contributed by atoms with van der Waals surface area (Å²) in [7, 11) is -1.04. The minimum atomic E-state index is -2.80. The van der Waals surface area contributed by atoms with Crippen LogP contribution in [0.15, 0.2) is 17.1 Å². The van der Waals surface area contributed by atoms with Crippen LogP contribution in [0, 0.1) is 6.92 Å². The summed E-state index contributed by atoms with van der Waals surface area (Å²) < 4.78 is 22.8. The van der Waals surface area contributed by atoms with Gasteiger partial charge in [-0.25, -0.2) is 8.42 Å². The first-order chi connectivity index (χ1) is 10.5. The summed E-state index contributed by atoms with van der Waals surface area (Å²) in [6, 6.07) is 4.23. The van der Waals surface area contributed by atoms with Crippen LogP contribution in [-0.2, 0) is 16.4 Å². The maximum atomic E-state index is 11.4. The Morgan fingerprint density at radius 2 is 2.00 bits per heavy atom. The molecule has 0 spiro atoms. The van der Waals surface area contributed by atoms with E-state index in [1.807, 2.05) is 0 Å². The largest absolute Gasteiger partial charge is 0.355 e. The first-order valence-corrected chi connectivity index (χ1v) is 10.0. The second-order valence-electron chi connectivity index (χ2n) is 5.36. The van der Waals surface area contributed by atoms with Gasteiger partial charge in [-0.3, -0.25) is 9.89 Å². The van der Waals surface area contributed by atoms with Gasteiger partial charge in [-0.15, -0.1) is 35.3 Å². The molecule has 0 radical (unpaired) electrons. The van der Waals surface area contributed by atoms with E-state index in [4.69, 9.17) is 0 Å². The molecule has 132 valence electrons. The number of nitrogens with zero attached hydrogens (tertiary/aromatic N) is 2. The molecule has 0 amide bonds. The highest BCUT2D eigenvalue weighted by Gasteiger charge is 2.20. The normalized spacial score (nSPS) is 18.3. The van der Waals surface area contributed by atoms with Crippen LogP contribution in [0.1, 0.15) is 9.75 Å². The number of aliphatic imine (C=N–C) groups is 1. The lowest BCUT2D eigenvalue weighted by atomic mass is 10.4. The van der Waals surface area contributed by atoms with Gasteiger partial charge >= 0.3 is 0 Å². The smallest absolute Gasteiger partial charge is 0.191 e. The Balaban J connectivity index is 0.00000264. The Hall–Kier alpha value is -0.390. The van der Waals surface area contributed by atoms with Gasteiger partial charge in [0.05, 0.1) is 18.1 Å². The summed E-state index contributed by atoms with van der Waals surface area (Å²) in [5.41, 5.74) is 0. The lowest BCUT2D eigenvalue weighted by Gasteiger charge is -2.26. The zero-order valence-corrected chi connectivity index (χ0v) is 17.5. The predicted octanol–water partition coefficient (Wildman–Crippen LogP) is 1.07. The first kappa shape index (κ1) is 20.7. The molecular formula is C14H25IN4O2S2. The second kappa shape index (κ2) is 9.80. The van der Waals surface area contributed by atoms with E-state index in [0.29, 0.717) is 13.1 Å². The molecule has 1 aromatic heterocycles. The van der Waals surface area contributed by atoms with E-state index < -0.39 is 9.84 Å². The topological polar surface area (TPSA) is 73.8 Å². The van der Waals surface area contributed by atoms with Crippen molar-refractivity contribution in [2.24, 2.45) is 4.99 Å². The zero-order valence-electron chi connectivity index (χ0n) is 13.5. The number of thiophene rings is 1. The summed E-state index contributed by atoms with van der Waals surface area (Å²) in [6.07, 6.45) is 0. The molecule has 0 aliphatic carbocycles. The molecule has 2 heterocycles. The highest BCUT2D eigenvalue weighted by molar-refractivity contribution is 14.0. The van der Waals surface area contributed by atoms with Crippen LogP contribution in [0.4, 0.5) is 0 Å². The quantitative estimate of drug-likeness (QED) is 0.381. The molecule has 6 nitrogen and oxygen atoms in total. The maximum Gasteiger partial charge on any atom is 0.191 e. The number of hydrogen-bond donors (Lipinski definition) is 2. The molecule has 23 heavy (non-hydrogen) atoms. The summed E-state index contributed by atoms with van der Waals surface area (Å²) in [5, 5.41) is 6.55. The molecule has 0 unspecified atom stereocenters. The number of guanidine groups is 1. The number of sulfone groups is 1. The van der Waals surface area contributed by atoms with E-state index in [2.05, 4.69) is 39.6 Å². The van der Waals surface area contributed by atoms with Gasteiger partial charge in [0.15, 0.2) is 15.8 Å². The zero-order chi connectivity index (χ0) is 16.0. The summed E-state index contributed by atoms with van der Waals surface area (Å²) in [4.78, 5) is 8.96. The van der Waals surface area contributed by atoms with E-state index in [0.717, 1.165) is 25.6 Å². The predicted molar refractivity (Wildman–Crippen MR) is 108 cm³/mol. The molecule has 1 saturated heterocycles. The van der Waals surface area contributed by atoms with Gasteiger partial charge in [0.2, 0.25) is 0 Å². The van der Waals surface area contributed by atoms with Gasteiger partial charge < -0.3 is 10.6 Å². The van der Waals surface area contributed by atoms with Crippen LogP contribution < -0.4 is 10.6 Å². The minimum absolute atomic E-state index is 0. The Bertz CT molecular complexity index is 602. The number of rotatable bonds is 5. The fraction of sp³-hybridized carbons (Fsp3) is 0.643. The van der Waals surface area contributed by atoms with Crippen molar-refractivity contribution in [1.29, 1.82) is 0 Å². The van der Waals surface area contributed by atoms with Gasteiger partial charge in [0.25, 0.3) is 0 Å². The monoisotopic (exact) mass is 472 g/mol. The van der Waals surface area contributed by atoms with Gasteiger partial charge in [-0.1, -0.05) is 0 Å². The van der Waals surface area contributed by atoms with Crippen LogP contribution in [0.3, 0.4) is 0 Å². The summed E-state index contributed by atoms with van der Waals surface area (Å²) >= 11 is 1.78. The van der Waals surface area contributed by atoms with Crippen LogP contribution >= 0.6 is 35.3 Å². The van der Waals surface area contributed by atoms with Gasteiger partial charge in [0.1, 0.15) is 0 Å². The van der Waals surface area contributed by atoms with E-state index >= 15 is 0 Å². The molecule has 1 aliphatic rings. The highest BCUT2D eigenvalue weighted by atomic mass is 127. The fourth-order valence-electron chi connectivity index (χ4n) is 2.28. The maximum absolute atomic E-state index is 11.4. The standard InChI is InChI=1S/C14H24N4O2S2.HI/c1-12-3-4-13(21-12)11-17-14(15-2)16-5-6-18-7-9-22(19,20)10-8-18;/h3-4H,5-11H2,1-2H3,(H2,15,16,17);1H. The third-order valence-electron chi connectivity index (χ3n) is 3.61. The molecule has 2 rings (SSSR count). The third kappa shape index (κ3) is 7.36. The number of hydrogen-bond acceptors (Lipinski definition) is 5. The molecule has 1 aliphatic heterocycles. The average molecular weight is 472 g/mol. The van der Waals surface area contributed by atoms with Crippen LogP contribution in [-0.4, -0.2) is 64.0 Å². The lowest BCUT2D eigenvalue weighted by Crippen LogP contribution is -2.45. The first-order valence-electron chi connectivity index (χ1n) is 7.41. The molecular weight excluding hydrogens is 447 g/mol. The molecule has 0 bridgehead atoms. The highest BCUT2D eigenvalue weighted by Crippen LogP contribution is 2.14. The van der Waals surface area contributed by atoms with Crippen molar-refractivity contribution in [2.45, 2.75) is 13.5 Å².